The van der Waals surface area contributed by atoms with Crippen molar-refractivity contribution in [3.8, 4) is 28.0 Å². The molecule has 1 N–H and O–H groups in total. The van der Waals surface area contributed by atoms with Crippen molar-refractivity contribution in [1.82, 2.24) is 0 Å². The predicted molar refractivity (Wildman–Crippen MR) is 90.3 cm³/mol. The minimum absolute atomic E-state index is 0.0654. The SMILES string of the molecule is COC(=O)c1c(-c2ccccc2)ccc(-c2ccccc2)c1O. The largest absolute Gasteiger partial charge is 0.506 e. The van der Waals surface area contributed by atoms with Gasteiger partial charge in [0.25, 0.3) is 0 Å². The lowest BCUT2D eigenvalue weighted by Crippen LogP contribution is -2.05. The van der Waals surface area contributed by atoms with E-state index in [1.807, 2.05) is 72.8 Å². The zero-order valence-corrected chi connectivity index (χ0v) is 12.7. The number of hydrogen-bond donors (Lipinski definition) is 1. The molecule has 0 spiro atoms. The third kappa shape index (κ3) is 2.81. The molecular formula is C20H16O3. The molecule has 0 aliphatic carbocycles. The van der Waals surface area contributed by atoms with E-state index in [-0.39, 0.29) is 11.3 Å². The third-order valence-electron chi connectivity index (χ3n) is 3.74. The number of aromatic hydroxyl groups is 1. The molecule has 0 atom stereocenters. The van der Waals surface area contributed by atoms with Gasteiger partial charge in [0, 0.05) is 5.56 Å². The average molecular weight is 304 g/mol. The van der Waals surface area contributed by atoms with Crippen LogP contribution in [0.15, 0.2) is 72.8 Å². The molecule has 3 aromatic rings. The van der Waals surface area contributed by atoms with Crippen LogP contribution in [0.3, 0.4) is 0 Å². The molecule has 0 saturated heterocycles. The van der Waals surface area contributed by atoms with Crippen LogP contribution in [0.4, 0.5) is 0 Å². The maximum Gasteiger partial charge on any atom is 0.342 e. The lowest BCUT2D eigenvalue weighted by molar-refractivity contribution is 0.0598. The van der Waals surface area contributed by atoms with Gasteiger partial charge in [-0.2, -0.15) is 0 Å². The molecule has 3 rings (SSSR count). The van der Waals surface area contributed by atoms with Gasteiger partial charge in [0.15, 0.2) is 0 Å². The third-order valence-corrected chi connectivity index (χ3v) is 3.74. The molecule has 3 aromatic carbocycles. The zero-order chi connectivity index (χ0) is 16.2. The van der Waals surface area contributed by atoms with Crippen molar-refractivity contribution in [2.75, 3.05) is 7.11 Å². The van der Waals surface area contributed by atoms with Gasteiger partial charge in [-0.25, -0.2) is 4.79 Å². The lowest BCUT2D eigenvalue weighted by atomic mass is 9.93. The number of carbonyl (C=O) groups excluding carboxylic acids is 1. The van der Waals surface area contributed by atoms with Crippen LogP contribution in [-0.2, 0) is 4.74 Å². The van der Waals surface area contributed by atoms with E-state index in [2.05, 4.69) is 0 Å². The van der Waals surface area contributed by atoms with Gasteiger partial charge in [0.2, 0.25) is 0 Å². The fraction of sp³-hybridized carbons (Fsp3) is 0.0500. The van der Waals surface area contributed by atoms with E-state index in [1.165, 1.54) is 7.11 Å². The Bertz CT molecular complexity index is 824. The second-order valence-electron chi connectivity index (χ2n) is 5.11. The summed E-state index contributed by atoms with van der Waals surface area (Å²) in [5.41, 5.74) is 3.12. The second kappa shape index (κ2) is 6.36. The summed E-state index contributed by atoms with van der Waals surface area (Å²) >= 11 is 0. The number of benzene rings is 3. The first-order valence-corrected chi connectivity index (χ1v) is 7.27. The first-order valence-electron chi connectivity index (χ1n) is 7.27. The molecule has 0 heterocycles. The molecule has 0 aliphatic heterocycles. The minimum Gasteiger partial charge on any atom is -0.506 e. The molecule has 0 aliphatic rings. The molecule has 0 radical (unpaired) electrons. The number of phenols is 1. The van der Waals surface area contributed by atoms with Crippen LogP contribution in [-0.4, -0.2) is 18.2 Å². The van der Waals surface area contributed by atoms with Crippen LogP contribution < -0.4 is 0 Å². The number of rotatable bonds is 3. The van der Waals surface area contributed by atoms with Crippen LogP contribution in [0.5, 0.6) is 5.75 Å². The molecule has 3 nitrogen and oxygen atoms in total. The van der Waals surface area contributed by atoms with E-state index in [4.69, 9.17) is 4.74 Å². The number of esters is 1. The molecule has 0 bridgehead atoms. The van der Waals surface area contributed by atoms with Crippen LogP contribution in [0.25, 0.3) is 22.3 Å². The highest BCUT2D eigenvalue weighted by Gasteiger charge is 2.21. The highest BCUT2D eigenvalue weighted by atomic mass is 16.5. The first-order chi connectivity index (χ1) is 11.2. The van der Waals surface area contributed by atoms with E-state index in [0.29, 0.717) is 11.1 Å². The Morgan fingerprint density at radius 1 is 0.783 bits per heavy atom. The molecule has 3 heteroatoms. The average Bonchev–Trinajstić information content (AvgIpc) is 2.62. The Hall–Kier alpha value is -3.07. The summed E-state index contributed by atoms with van der Waals surface area (Å²) in [4.78, 5) is 12.2. The van der Waals surface area contributed by atoms with Crippen molar-refractivity contribution in [3.05, 3.63) is 78.4 Å². The monoisotopic (exact) mass is 304 g/mol. The number of carbonyl (C=O) groups is 1. The van der Waals surface area contributed by atoms with Crippen molar-refractivity contribution in [3.63, 3.8) is 0 Å². The summed E-state index contributed by atoms with van der Waals surface area (Å²) in [6.07, 6.45) is 0. The fourth-order valence-corrected chi connectivity index (χ4v) is 2.61. The van der Waals surface area contributed by atoms with Gasteiger partial charge < -0.3 is 9.84 Å². The van der Waals surface area contributed by atoms with Gasteiger partial charge in [-0.1, -0.05) is 66.7 Å². The second-order valence-corrected chi connectivity index (χ2v) is 5.11. The number of phenolic OH excluding ortho intramolecular Hbond substituents is 1. The zero-order valence-electron chi connectivity index (χ0n) is 12.7. The van der Waals surface area contributed by atoms with Crippen molar-refractivity contribution in [2.45, 2.75) is 0 Å². The molecule has 0 saturated carbocycles. The predicted octanol–water partition coefficient (Wildman–Crippen LogP) is 4.51. The van der Waals surface area contributed by atoms with Crippen molar-refractivity contribution in [2.24, 2.45) is 0 Å². The van der Waals surface area contributed by atoms with Gasteiger partial charge in [-0.05, 0) is 22.8 Å². The standard InChI is InChI=1S/C20H16O3/c1-23-20(22)18-16(14-8-4-2-5-9-14)12-13-17(19(18)21)15-10-6-3-7-11-15/h2-13,21H,1H3. The molecule has 0 amide bonds. The van der Waals surface area contributed by atoms with Crippen molar-refractivity contribution >= 4 is 5.97 Å². The summed E-state index contributed by atoms with van der Waals surface area (Å²) in [5, 5.41) is 10.7. The van der Waals surface area contributed by atoms with E-state index in [0.717, 1.165) is 11.1 Å². The van der Waals surface area contributed by atoms with E-state index in [1.54, 1.807) is 0 Å². The topological polar surface area (TPSA) is 46.5 Å². The molecular weight excluding hydrogens is 288 g/mol. The summed E-state index contributed by atoms with van der Waals surface area (Å²) in [7, 11) is 1.31. The molecule has 23 heavy (non-hydrogen) atoms. The number of hydrogen-bond acceptors (Lipinski definition) is 3. The van der Waals surface area contributed by atoms with Crippen molar-refractivity contribution in [1.29, 1.82) is 0 Å². The Balaban J connectivity index is 2.24. The quantitative estimate of drug-likeness (QED) is 0.724. The summed E-state index contributed by atoms with van der Waals surface area (Å²) in [6.45, 7) is 0. The molecule has 0 fully saturated rings. The van der Waals surface area contributed by atoms with E-state index < -0.39 is 5.97 Å². The first kappa shape index (κ1) is 14.9. The van der Waals surface area contributed by atoms with E-state index in [9.17, 15) is 9.90 Å². The molecule has 0 unspecified atom stereocenters. The highest BCUT2D eigenvalue weighted by molar-refractivity contribution is 6.02. The lowest BCUT2D eigenvalue weighted by Gasteiger charge is -2.14. The van der Waals surface area contributed by atoms with Crippen LogP contribution >= 0.6 is 0 Å². The minimum atomic E-state index is -0.556. The summed E-state index contributed by atoms with van der Waals surface area (Å²) < 4.78 is 4.87. The summed E-state index contributed by atoms with van der Waals surface area (Å²) in [5.74, 6) is -0.622. The van der Waals surface area contributed by atoms with E-state index >= 15 is 0 Å². The van der Waals surface area contributed by atoms with Crippen LogP contribution in [0.1, 0.15) is 10.4 Å². The maximum absolute atomic E-state index is 12.2. The van der Waals surface area contributed by atoms with Crippen LogP contribution in [0, 0.1) is 0 Å². The van der Waals surface area contributed by atoms with Gasteiger partial charge in [-0.15, -0.1) is 0 Å². The van der Waals surface area contributed by atoms with Gasteiger partial charge >= 0.3 is 5.97 Å². The highest BCUT2D eigenvalue weighted by Crippen LogP contribution is 2.38. The molecule has 0 aromatic heterocycles. The maximum atomic E-state index is 12.2. The van der Waals surface area contributed by atoms with Crippen molar-refractivity contribution < 1.29 is 14.6 Å². The Morgan fingerprint density at radius 3 is 1.78 bits per heavy atom. The number of methoxy groups -OCH3 is 1. The van der Waals surface area contributed by atoms with Gasteiger partial charge in [-0.3, -0.25) is 0 Å². The fourth-order valence-electron chi connectivity index (χ4n) is 2.61. The smallest absolute Gasteiger partial charge is 0.342 e. The van der Waals surface area contributed by atoms with Crippen LogP contribution in [0.2, 0.25) is 0 Å². The number of ether oxygens (including phenoxy) is 1. The van der Waals surface area contributed by atoms with Gasteiger partial charge in [0.1, 0.15) is 11.3 Å². The Morgan fingerprint density at radius 2 is 1.26 bits per heavy atom. The normalized spacial score (nSPS) is 10.3. The molecule has 114 valence electrons. The Kier molecular flexibility index (Phi) is 4.11. The van der Waals surface area contributed by atoms with Gasteiger partial charge in [0.05, 0.1) is 7.11 Å². The summed E-state index contributed by atoms with van der Waals surface area (Å²) in [6, 6.07) is 22.6. The Labute approximate surface area is 134 Å².